The summed E-state index contributed by atoms with van der Waals surface area (Å²) in [5, 5.41) is 17.6. The quantitative estimate of drug-likeness (QED) is 0.603. The second kappa shape index (κ2) is 6.73. The summed E-state index contributed by atoms with van der Waals surface area (Å²) in [6, 6.07) is 7.45. The van der Waals surface area contributed by atoms with E-state index < -0.39 is 30.5 Å². The molecule has 0 aliphatic carbocycles. The van der Waals surface area contributed by atoms with Crippen molar-refractivity contribution in [1.82, 2.24) is 0 Å². The molecule has 18 heavy (non-hydrogen) atoms. The van der Waals surface area contributed by atoms with Crippen molar-refractivity contribution in [3.8, 4) is 0 Å². The van der Waals surface area contributed by atoms with Crippen molar-refractivity contribution in [2.45, 2.75) is 12.6 Å². The lowest BCUT2D eigenvalue weighted by atomic mass is 10.0. The summed E-state index contributed by atoms with van der Waals surface area (Å²) >= 11 is 0. The van der Waals surface area contributed by atoms with Gasteiger partial charge in [-0.2, -0.15) is 0 Å². The molecule has 0 heterocycles. The molecule has 4 N–H and O–H groups in total. The lowest BCUT2D eigenvalue weighted by Gasteiger charge is -2.16. The Labute approximate surface area is 104 Å². The number of esters is 1. The summed E-state index contributed by atoms with van der Waals surface area (Å²) in [5.41, 5.74) is 6.05. The summed E-state index contributed by atoms with van der Waals surface area (Å²) < 4.78 is 4.91. The van der Waals surface area contributed by atoms with Gasteiger partial charge in [-0.05, 0) is 5.56 Å². The minimum Gasteiger partial charge on any atom is -0.480 e. The Morgan fingerprint density at radius 3 is 2.39 bits per heavy atom. The number of nitrogens with two attached hydrogens (primary N) is 1. The number of rotatable bonds is 6. The number of ether oxygens (including phenoxy) is 1. The van der Waals surface area contributed by atoms with E-state index in [0.717, 1.165) is 5.56 Å². The molecule has 0 bridgehead atoms. The van der Waals surface area contributed by atoms with Gasteiger partial charge in [-0.1, -0.05) is 30.3 Å². The van der Waals surface area contributed by atoms with Crippen molar-refractivity contribution >= 4 is 11.9 Å². The molecule has 0 aliphatic heterocycles. The standard InChI is InChI=1S/C12H15NO5/c13-10(11(15)16)9(6-14)12(17)18-7-8-4-2-1-3-5-8/h1-5,9-10,14H,6-7,13H2,(H,15,16). The van der Waals surface area contributed by atoms with Crippen LogP contribution in [0.4, 0.5) is 0 Å². The van der Waals surface area contributed by atoms with E-state index in [1.807, 2.05) is 6.07 Å². The molecule has 0 saturated carbocycles. The van der Waals surface area contributed by atoms with E-state index in [1.165, 1.54) is 0 Å². The van der Waals surface area contributed by atoms with E-state index in [4.69, 9.17) is 20.7 Å². The fourth-order valence-electron chi connectivity index (χ4n) is 1.34. The van der Waals surface area contributed by atoms with Gasteiger partial charge in [0.25, 0.3) is 0 Å². The highest BCUT2D eigenvalue weighted by atomic mass is 16.5. The van der Waals surface area contributed by atoms with Crippen LogP contribution in [-0.2, 0) is 20.9 Å². The number of benzene rings is 1. The fraction of sp³-hybridized carbons (Fsp3) is 0.333. The van der Waals surface area contributed by atoms with Crippen LogP contribution in [0.1, 0.15) is 5.56 Å². The van der Waals surface area contributed by atoms with Gasteiger partial charge in [-0.25, -0.2) is 0 Å². The van der Waals surface area contributed by atoms with Crippen LogP contribution in [0.2, 0.25) is 0 Å². The third-order valence-electron chi connectivity index (χ3n) is 2.44. The minimum absolute atomic E-state index is 0.0164. The summed E-state index contributed by atoms with van der Waals surface area (Å²) in [5.74, 6) is -3.44. The molecule has 98 valence electrons. The van der Waals surface area contributed by atoms with Crippen molar-refractivity contribution in [3.63, 3.8) is 0 Å². The molecule has 2 unspecified atom stereocenters. The van der Waals surface area contributed by atoms with Crippen molar-refractivity contribution in [1.29, 1.82) is 0 Å². The topological polar surface area (TPSA) is 110 Å². The van der Waals surface area contributed by atoms with Crippen LogP contribution in [0.3, 0.4) is 0 Å². The van der Waals surface area contributed by atoms with Gasteiger partial charge in [0.05, 0.1) is 6.61 Å². The third kappa shape index (κ3) is 3.83. The van der Waals surface area contributed by atoms with Crippen LogP contribution in [0, 0.1) is 5.92 Å². The maximum Gasteiger partial charge on any atom is 0.321 e. The van der Waals surface area contributed by atoms with Crippen LogP contribution >= 0.6 is 0 Å². The number of aliphatic hydroxyl groups is 1. The average Bonchev–Trinajstić information content (AvgIpc) is 2.38. The molecule has 0 radical (unpaired) electrons. The molecule has 0 amide bonds. The third-order valence-corrected chi connectivity index (χ3v) is 2.44. The second-order valence-electron chi connectivity index (χ2n) is 3.75. The summed E-state index contributed by atoms with van der Waals surface area (Å²) in [7, 11) is 0. The predicted molar refractivity (Wildman–Crippen MR) is 62.4 cm³/mol. The highest BCUT2D eigenvalue weighted by Gasteiger charge is 2.31. The van der Waals surface area contributed by atoms with Gasteiger partial charge in [0, 0.05) is 0 Å². The van der Waals surface area contributed by atoms with Crippen LogP contribution in [0.25, 0.3) is 0 Å². The molecule has 0 aliphatic rings. The molecule has 0 fully saturated rings. The number of carboxylic acid groups (broad SMARTS) is 1. The molecular weight excluding hydrogens is 238 g/mol. The first-order chi connectivity index (χ1) is 8.56. The van der Waals surface area contributed by atoms with E-state index in [0.29, 0.717) is 0 Å². The number of hydrogen-bond donors (Lipinski definition) is 3. The Balaban J connectivity index is 2.56. The minimum atomic E-state index is -1.47. The number of hydrogen-bond acceptors (Lipinski definition) is 5. The van der Waals surface area contributed by atoms with Crippen LogP contribution in [-0.4, -0.2) is 34.8 Å². The zero-order chi connectivity index (χ0) is 13.5. The molecule has 0 aromatic heterocycles. The Morgan fingerprint density at radius 1 is 1.28 bits per heavy atom. The molecular formula is C12H15NO5. The summed E-state index contributed by atoms with van der Waals surface area (Å²) in [6.07, 6.45) is 0. The zero-order valence-electron chi connectivity index (χ0n) is 9.65. The predicted octanol–water partition coefficient (Wildman–Crippen LogP) is -0.250. The molecule has 0 saturated heterocycles. The van der Waals surface area contributed by atoms with Gasteiger partial charge in [-0.15, -0.1) is 0 Å². The van der Waals surface area contributed by atoms with Gasteiger partial charge in [0.2, 0.25) is 0 Å². The highest BCUT2D eigenvalue weighted by molar-refractivity contribution is 5.83. The van der Waals surface area contributed by atoms with Gasteiger partial charge in [0.15, 0.2) is 0 Å². The maximum absolute atomic E-state index is 11.6. The first kappa shape index (κ1) is 14.1. The van der Waals surface area contributed by atoms with E-state index >= 15 is 0 Å². The van der Waals surface area contributed by atoms with Gasteiger partial charge >= 0.3 is 11.9 Å². The molecule has 0 spiro atoms. The molecule has 6 heteroatoms. The largest absolute Gasteiger partial charge is 0.480 e. The van der Waals surface area contributed by atoms with Gasteiger partial charge < -0.3 is 20.7 Å². The number of carboxylic acids is 1. The lowest BCUT2D eigenvalue weighted by molar-refractivity contribution is -0.157. The lowest BCUT2D eigenvalue weighted by Crippen LogP contribution is -2.44. The van der Waals surface area contributed by atoms with E-state index in [-0.39, 0.29) is 6.61 Å². The molecule has 1 aromatic carbocycles. The van der Waals surface area contributed by atoms with Gasteiger partial charge in [0.1, 0.15) is 18.6 Å². The first-order valence-corrected chi connectivity index (χ1v) is 5.36. The molecule has 1 aromatic rings. The summed E-state index contributed by atoms with van der Waals surface area (Å²) in [6.45, 7) is -0.649. The number of carbonyl (C=O) groups is 2. The normalized spacial score (nSPS) is 13.7. The maximum atomic E-state index is 11.6. The van der Waals surface area contributed by atoms with E-state index in [2.05, 4.69) is 0 Å². The van der Waals surface area contributed by atoms with Crippen molar-refractivity contribution < 1.29 is 24.5 Å². The number of aliphatic hydroxyl groups excluding tert-OH is 1. The Bertz CT molecular complexity index is 406. The molecule has 2 atom stereocenters. The fourth-order valence-corrected chi connectivity index (χ4v) is 1.34. The number of aliphatic carboxylic acids is 1. The second-order valence-corrected chi connectivity index (χ2v) is 3.75. The Hall–Kier alpha value is -1.92. The van der Waals surface area contributed by atoms with Crippen LogP contribution in [0.5, 0.6) is 0 Å². The van der Waals surface area contributed by atoms with Crippen LogP contribution < -0.4 is 5.73 Å². The van der Waals surface area contributed by atoms with Crippen molar-refractivity contribution in [2.24, 2.45) is 11.7 Å². The molecule has 1 rings (SSSR count). The van der Waals surface area contributed by atoms with Crippen molar-refractivity contribution in [3.05, 3.63) is 35.9 Å². The highest BCUT2D eigenvalue weighted by Crippen LogP contribution is 2.08. The zero-order valence-corrected chi connectivity index (χ0v) is 9.65. The van der Waals surface area contributed by atoms with Crippen LogP contribution in [0.15, 0.2) is 30.3 Å². The average molecular weight is 253 g/mol. The van der Waals surface area contributed by atoms with E-state index in [1.54, 1.807) is 24.3 Å². The Kier molecular flexibility index (Phi) is 5.29. The molecule has 6 nitrogen and oxygen atoms in total. The summed E-state index contributed by atoms with van der Waals surface area (Å²) in [4.78, 5) is 22.2. The van der Waals surface area contributed by atoms with Gasteiger partial charge in [-0.3, -0.25) is 9.59 Å². The first-order valence-electron chi connectivity index (χ1n) is 5.36. The monoisotopic (exact) mass is 253 g/mol. The van der Waals surface area contributed by atoms with Crippen molar-refractivity contribution in [2.75, 3.05) is 6.61 Å². The SMILES string of the molecule is NC(C(=O)O)C(CO)C(=O)OCc1ccccc1. The smallest absolute Gasteiger partial charge is 0.321 e. The number of carbonyl (C=O) groups excluding carboxylic acids is 1. The Morgan fingerprint density at radius 2 is 1.89 bits per heavy atom. The van der Waals surface area contributed by atoms with E-state index in [9.17, 15) is 9.59 Å².